The third-order valence-corrected chi connectivity index (χ3v) is 4.98. The third-order valence-electron chi connectivity index (χ3n) is 4.98. The number of rotatable bonds is 8. The van der Waals surface area contributed by atoms with Gasteiger partial charge in [0.2, 0.25) is 0 Å². The zero-order valence-electron chi connectivity index (χ0n) is 16.2. The number of ketones is 1. The molecule has 0 aliphatic heterocycles. The van der Waals surface area contributed by atoms with Gasteiger partial charge in [-0.15, -0.1) is 0 Å². The van der Waals surface area contributed by atoms with Gasteiger partial charge in [0, 0.05) is 22.7 Å². The normalized spacial score (nSPS) is 12.1. The van der Waals surface area contributed by atoms with Crippen molar-refractivity contribution in [3.8, 4) is 0 Å². The minimum Gasteiger partial charge on any atom is -0.467 e. The second-order valence-electron chi connectivity index (χ2n) is 6.84. The van der Waals surface area contributed by atoms with Gasteiger partial charge >= 0.3 is 5.97 Å². The molecule has 2 aromatic carbocycles. The number of carbonyl (C=O) groups excluding carboxylic acids is 2. The summed E-state index contributed by atoms with van der Waals surface area (Å²) in [5.74, 6) is -0.917. The van der Waals surface area contributed by atoms with Crippen LogP contribution in [0.15, 0.2) is 54.7 Å². The Morgan fingerprint density at radius 2 is 1.82 bits per heavy atom. The molecule has 0 bridgehead atoms. The number of methoxy groups -OCH3 is 1. The van der Waals surface area contributed by atoms with Crippen LogP contribution in [0.1, 0.15) is 54.6 Å². The number of para-hydroxylation sites is 1. The number of unbranched alkanes of at least 4 members (excludes halogenated alkanes) is 2. The lowest BCUT2D eigenvalue weighted by atomic mass is 10.0. The maximum absolute atomic E-state index is 13.2. The van der Waals surface area contributed by atoms with Crippen molar-refractivity contribution in [2.45, 2.75) is 38.6 Å². The third kappa shape index (κ3) is 3.98. The molecule has 146 valence electrons. The Morgan fingerprint density at radius 3 is 2.50 bits per heavy atom. The zero-order valence-corrected chi connectivity index (χ0v) is 16.2. The van der Waals surface area contributed by atoms with Gasteiger partial charge in [0.25, 0.3) is 0 Å². The van der Waals surface area contributed by atoms with Crippen LogP contribution < -0.4 is 0 Å². The van der Waals surface area contributed by atoms with Crippen LogP contribution in [0, 0.1) is 5.82 Å². The minimum atomic E-state index is -0.490. The maximum atomic E-state index is 13.2. The van der Waals surface area contributed by atoms with E-state index in [1.165, 1.54) is 31.4 Å². The smallest absolute Gasteiger partial charge is 0.328 e. The molecule has 28 heavy (non-hydrogen) atoms. The van der Waals surface area contributed by atoms with E-state index in [4.69, 9.17) is 4.74 Å². The van der Waals surface area contributed by atoms with Crippen LogP contribution in [0.3, 0.4) is 0 Å². The summed E-state index contributed by atoms with van der Waals surface area (Å²) in [4.78, 5) is 25.6. The van der Waals surface area contributed by atoms with Gasteiger partial charge in [-0.1, -0.05) is 38.3 Å². The summed E-state index contributed by atoms with van der Waals surface area (Å²) in [7, 11) is 1.38. The van der Waals surface area contributed by atoms with E-state index in [0.717, 1.165) is 24.6 Å². The number of ether oxygens (including phenoxy) is 1. The van der Waals surface area contributed by atoms with Crippen LogP contribution in [0.25, 0.3) is 10.9 Å². The van der Waals surface area contributed by atoms with Crippen LogP contribution in [-0.4, -0.2) is 23.4 Å². The molecule has 1 heterocycles. The first kappa shape index (κ1) is 19.8. The topological polar surface area (TPSA) is 48.3 Å². The standard InChI is InChI=1S/C23H24FNO3/c1-3-4-5-9-20(23(27)28-2)25-15-14-16-7-6-8-19(21(16)25)22(26)17-10-12-18(24)13-11-17/h6-8,10-15,20H,3-5,9H2,1-2H3. The fourth-order valence-corrected chi connectivity index (χ4v) is 3.51. The van der Waals surface area contributed by atoms with Crippen molar-refractivity contribution in [3.63, 3.8) is 0 Å². The average Bonchev–Trinajstić information content (AvgIpc) is 3.15. The van der Waals surface area contributed by atoms with Crippen molar-refractivity contribution in [2.24, 2.45) is 0 Å². The van der Waals surface area contributed by atoms with Gasteiger partial charge in [0.1, 0.15) is 11.9 Å². The van der Waals surface area contributed by atoms with E-state index in [2.05, 4.69) is 6.92 Å². The molecule has 0 aliphatic rings. The number of fused-ring (bicyclic) bond motifs is 1. The van der Waals surface area contributed by atoms with Gasteiger partial charge in [0.05, 0.1) is 12.6 Å². The molecule has 1 aromatic heterocycles. The highest BCUT2D eigenvalue weighted by Gasteiger charge is 2.24. The molecule has 5 heteroatoms. The Labute approximate surface area is 163 Å². The summed E-state index contributed by atoms with van der Waals surface area (Å²) in [6.07, 6.45) is 5.44. The van der Waals surface area contributed by atoms with E-state index >= 15 is 0 Å². The van der Waals surface area contributed by atoms with Gasteiger partial charge in [-0.2, -0.15) is 0 Å². The van der Waals surface area contributed by atoms with Crippen LogP contribution in [0.4, 0.5) is 4.39 Å². The van der Waals surface area contributed by atoms with Crippen molar-refractivity contribution < 1.29 is 18.7 Å². The number of esters is 1. The number of carbonyl (C=O) groups is 2. The summed E-state index contributed by atoms with van der Waals surface area (Å²) in [5, 5.41) is 0.873. The Balaban J connectivity index is 2.07. The predicted molar refractivity (Wildman–Crippen MR) is 107 cm³/mol. The summed E-state index contributed by atoms with van der Waals surface area (Å²) < 4.78 is 20.1. The largest absolute Gasteiger partial charge is 0.467 e. The number of nitrogens with zero attached hydrogens (tertiary/aromatic N) is 1. The van der Waals surface area contributed by atoms with E-state index in [1.807, 2.05) is 29.0 Å². The van der Waals surface area contributed by atoms with Crippen molar-refractivity contribution in [1.82, 2.24) is 4.57 Å². The Hall–Kier alpha value is -2.95. The Kier molecular flexibility index (Phi) is 6.24. The summed E-state index contributed by atoms with van der Waals surface area (Å²) in [5.41, 5.74) is 1.59. The van der Waals surface area contributed by atoms with Crippen molar-refractivity contribution in [3.05, 3.63) is 71.7 Å². The summed E-state index contributed by atoms with van der Waals surface area (Å²) in [6.45, 7) is 2.11. The van der Waals surface area contributed by atoms with E-state index in [9.17, 15) is 14.0 Å². The number of halogens is 1. The van der Waals surface area contributed by atoms with Crippen LogP contribution in [-0.2, 0) is 9.53 Å². The second-order valence-corrected chi connectivity index (χ2v) is 6.84. The van der Waals surface area contributed by atoms with Crippen LogP contribution in [0.2, 0.25) is 0 Å². The van der Waals surface area contributed by atoms with E-state index in [-0.39, 0.29) is 17.6 Å². The number of benzene rings is 2. The highest BCUT2D eigenvalue weighted by Crippen LogP contribution is 2.29. The molecule has 1 atom stereocenters. The fraction of sp³-hybridized carbons (Fsp3) is 0.304. The maximum Gasteiger partial charge on any atom is 0.328 e. The first-order valence-corrected chi connectivity index (χ1v) is 9.54. The number of hydrogen-bond acceptors (Lipinski definition) is 3. The molecule has 0 amide bonds. The highest BCUT2D eigenvalue weighted by molar-refractivity contribution is 6.15. The summed E-state index contributed by atoms with van der Waals surface area (Å²) >= 11 is 0. The van der Waals surface area contributed by atoms with E-state index in [1.54, 1.807) is 6.07 Å². The highest BCUT2D eigenvalue weighted by atomic mass is 19.1. The van der Waals surface area contributed by atoms with Crippen molar-refractivity contribution in [1.29, 1.82) is 0 Å². The Morgan fingerprint density at radius 1 is 1.07 bits per heavy atom. The Bertz CT molecular complexity index is 975. The molecular formula is C23H24FNO3. The second kappa shape index (κ2) is 8.83. The van der Waals surface area contributed by atoms with Crippen LogP contribution in [0.5, 0.6) is 0 Å². The molecule has 0 radical (unpaired) electrons. The van der Waals surface area contributed by atoms with Crippen molar-refractivity contribution >= 4 is 22.7 Å². The van der Waals surface area contributed by atoms with E-state index in [0.29, 0.717) is 23.1 Å². The van der Waals surface area contributed by atoms with Gasteiger partial charge in [-0.05, 0) is 42.8 Å². The lowest BCUT2D eigenvalue weighted by molar-refractivity contribution is -0.144. The lowest BCUT2D eigenvalue weighted by Gasteiger charge is -2.19. The van der Waals surface area contributed by atoms with Gasteiger partial charge < -0.3 is 9.30 Å². The molecule has 0 N–H and O–H groups in total. The molecule has 0 saturated carbocycles. The SMILES string of the molecule is CCCCCC(C(=O)OC)n1ccc2cccc(C(=O)c3ccc(F)cc3)c21. The zero-order chi connectivity index (χ0) is 20.1. The quantitative estimate of drug-likeness (QED) is 0.302. The molecule has 0 spiro atoms. The lowest BCUT2D eigenvalue weighted by Crippen LogP contribution is -2.21. The van der Waals surface area contributed by atoms with Gasteiger partial charge in [0.15, 0.2) is 5.78 Å². The molecule has 0 aliphatic carbocycles. The van der Waals surface area contributed by atoms with Crippen LogP contribution >= 0.6 is 0 Å². The van der Waals surface area contributed by atoms with E-state index < -0.39 is 6.04 Å². The molecule has 4 nitrogen and oxygen atoms in total. The monoisotopic (exact) mass is 381 g/mol. The molecule has 0 fully saturated rings. The molecule has 1 unspecified atom stereocenters. The molecule has 3 aromatic rings. The average molecular weight is 381 g/mol. The first-order chi connectivity index (χ1) is 13.6. The summed E-state index contributed by atoms with van der Waals surface area (Å²) in [6, 6.07) is 12.4. The molecule has 0 saturated heterocycles. The first-order valence-electron chi connectivity index (χ1n) is 9.54. The fourth-order valence-electron chi connectivity index (χ4n) is 3.51. The number of hydrogen-bond donors (Lipinski definition) is 0. The van der Waals surface area contributed by atoms with Gasteiger partial charge in [-0.3, -0.25) is 4.79 Å². The molecule has 3 rings (SSSR count). The number of aromatic nitrogens is 1. The van der Waals surface area contributed by atoms with Crippen molar-refractivity contribution in [2.75, 3.05) is 7.11 Å². The van der Waals surface area contributed by atoms with Gasteiger partial charge in [-0.25, -0.2) is 9.18 Å². The minimum absolute atomic E-state index is 0.206. The predicted octanol–water partition coefficient (Wildman–Crippen LogP) is 5.31. The molecular weight excluding hydrogens is 357 g/mol.